The minimum absolute atomic E-state index is 0. The van der Waals surface area contributed by atoms with E-state index in [1.165, 1.54) is 103 Å². The van der Waals surface area contributed by atoms with Crippen LogP contribution in [0.3, 0.4) is 0 Å². The fourth-order valence-electron chi connectivity index (χ4n) is 2.99. The van der Waals surface area contributed by atoms with E-state index in [0.29, 0.717) is 6.42 Å². The van der Waals surface area contributed by atoms with Crippen LogP contribution in [0.1, 0.15) is 122 Å². The molecule has 23 heavy (non-hydrogen) atoms. The Morgan fingerprint density at radius 1 is 0.565 bits per heavy atom. The molecule has 0 unspecified atom stereocenters. The van der Waals surface area contributed by atoms with E-state index in [1.807, 2.05) is 0 Å². The number of unbranched alkanes of at least 4 members (excludes halogenated alkanes) is 16. The van der Waals surface area contributed by atoms with Crippen molar-refractivity contribution in [3.05, 3.63) is 0 Å². The molecule has 0 amide bonds. The maximum atomic E-state index is 10.6. The van der Waals surface area contributed by atoms with Crippen LogP contribution < -0.4 is 34.7 Å². The minimum atomic E-state index is -0.0686. The fourth-order valence-corrected chi connectivity index (χ4v) is 3.14. The molecule has 0 aliphatic heterocycles. The third kappa shape index (κ3) is 25.2. The van der Waals surface area contributed by atoms with Crippen molar-refractivity contribution in [1.29, 1.82) is 0 Å². The van der Waals surface area contributed by atoms with Gasteiger partial charge in [-0.05, 0) is 12.8 Å². The van der Waals surface area contributed by atoms with Gasteiger partial charge in [-0.1, -0.05) is 115 Å². The quantitative estimate of drug-likeness (QED) is 0.214. The van der Waals surface area contributed by atoms with E-state index in [9.17, 15) is 5.11 Å². The first-order valence-corrected chi connectivity index (χ1v) is 10.4. The molecular weight excluding hydrogens is 311 g/mol. The molecule has 0 aliphatic rings. The molecule has 0 radical (unpaired) electrons. The van der Waals surface area contributed by atoms with E-state index in [0.717, 1.165) is 6.42 Å². The smallest absolute Gasteiger partial charge is 0.867 e. The van der Waals surface area contributed by atoms with Gasteiger partial charge in [0.1, 0.15) is 0 Å². The van der Waals surface area contributed by atoms with Gasteiger partial charge in [0.25, 0.3) is 0 Å². The second-order valence-corrected chi connectivity index (χ2v) is 7.23. The Balaban J connectivity index is 0. The van der Waals surface area contributed by atoms with Crippen molar-refractivity contribution in [3.63, 3.8) is 0 Å². The normalized spacial score (nSPS) is 10.5. The monoisotopic (exact) mass is 350 g/mol. The third-order valence-electron chi connectivity index (χ3n) is 4.48. The summed E-state index contributed by atoms with van der Waals surface area (Å²) >= 11 is 4.55. The second kappa shape index (κ2) is 22.9. The van der Waals surface area contributed by atoms with Crippen molar-refractivity contribution in [2.75, 3.05) is 0 Å². The molecule has 0 rings (SSSR count). The van der Waals surface area contributed by atoms with Gasteiger partial charge in [0, 0.05) is 0 Å². The molecule has 0 aromatic heterocycles. The van der Waals surface area contributed by atoms with Gasteiger partial charge < -0.3 is 5.11 Å². The van der Waals surface area contributed by atoms with Gasteiger partial charge in [-0.2, -0.15) is 0 Å². The van der Waals surface area contributed by atoms with E-state index in [2.05, 4.69) is 19.1 Å². The standard InChI is InChI=1S/C20H40OS.Na/c1-2-3-4-5-6-7-8-9-10-11-12-13-14-15-16-17-18-19-20(21)22;/h2-19H2,1H3,(H,21,22);/q;+1/p-1. The Bertz CT molecular complexity index is 234. The van der Waals surface area contributed by atoms with E-state index in [4.69, 9.17) is 0 Å². The summed E-state index contributed by atoms with van der Waals surface area (Å²) < 4.78 is 0. The van der Waals surface area contributed by atoms with Crippen LogP contribution in [0.4, 0.5) is 0 Å². The van der Waals surface area contributed by atoms with Crippen LogP contribution in [-0.2, 0) is 0 Å². The summed E-state index contributed by atoms with van der Waals surface area (Å²) in [5.74, 6) is 0. The van der Waals surface area contributed by atoms with E-state index in [-0.39, 0.29) is 34.6 Å². The average Bonchev–Trinajstić information content (AvgIpc) is 2.50. The van der Waals surface area contributed by atoms with Gasteiger partial charge in [0.15, 0.2) is 0 Å². The van der Waals surface area contributed by atoms with Crippen molar-refractivity contribution >= 4 is 17.3 Å². The summed E-state index contributed by atoms with van der Waals surface area (Å²) in [6.07, 6.45) is 24.0. The fraction of sp³-hybridized carbons (Fsp3) is 0.950. The molecule has 0 saturated carbocycles. The van der Waals surface area contributed by atoms with E-state index >= 15 is 0 Å². The molecule has 0 aliphatic carbocycles. The maximum absolute atomic E-state index is 10.6. The number of thiocarbonyl (C=S) groups is 1. The molecular formula is C20H39NaOS. The van der Waals surface area contributed by atoms with E-state index < -0.39 is 0 Å². The molecule has 0 bridgehead atoms. The van der Waals surface area contributed by atoms with Gasteiger partial charge in [-0.15, -0.1) is 12.2 Å². The van der Waals surface area contributed by atoms with Crippen LogP contribution in [0, 0.1) is 0 Å². The summed E-state index contributed by atoms with van der Waals surface area (Å²) in [5.41, 5.74) is 0. The number of rotatable bonds is 18. The molecule has 1 nitrogen and oxygen atoms in total. The Kier molecular flexibility index (Phi) is 26.0. The zero-order valence-corrected chi connectivity index (χ0v) is 18.9. The number of hydrogen-bond donors (Lipinski definition) is 0. The van der Waals surface area contributed by atoms with Gasteiger partial charge in [0.05, 0.1) is 0 Å². The Labute approximate surface area is 173 Å². The Morgan fingerprint density at radius 2 is 0.826 bits per heavy atom. The van der Waals surface area contributed by atoms with Crippen molar-refractivity contribution in [2.45, 2.75) is 122 Å². The largest absolute Gasteiger partial charge is 1.00 e. The molecule has 0 atom stereocenters. The van der Waals surface area contributed by atoms with Crippen molar-refractivity contribution in [2.24, 2.45) is 0 Å². The molecule has 0 fully saturated rings. The van der Waals surface area contributed by atoms with Crippen LogP contribution in [0.15, 0.2) is 0 Å². The second-order valence-electron chi connectivity index (χ2n) is 6.78. The molecule has 0 saturated heterocycles. The molecule has 3 heteroatoms. The van der Waals surface area contributed by atoms with Gasteiger partial charge in [0.2, 0.25) is 0 Å². The predicted molar refractivity (Wildman–Crippen MR) is 101 cm³/mol. The summed E-state index contributed by atoms with van der Waals surface area (Å²) in [6, 6.07) is 0. The van der Waals surface area contributed by atoms with Crippen molar-refractivity contribution in [1.82, 2.24) is 0 Å². The van der Waals surface area contributed by atoms with Gasteiger partial charge in [-0.3, -0.25) is 0 Å². The minimum Gasteiger partial charge on any atom is -0.867 e. The van der Waals surface area contributed by atoms with Crippen LogP contribution in [-0.4, -0.2) is 5.05 Å². The predicted octanol–water partition coefficient (Wildman–Crippen LogP) is 3.72. The van der Waals surface area contributed by atoms with Gasteiger partial charge in [-0.25, -0.2) is 0 Å². The topological polar surface area (TPSA) is 23.1 Å². The molecule has 0 spiro atoms. The molecule has 0 heterocycles. The Morgan fingerprint density at radius 3 is 1.09 bits per heavy atom. The van der Waals surface area contributed by atoms with Crippen LogP contribution in [0.5, 0.6) is 0 Å². The third-order valence-corrected chi connectivity index (χ3v) is 4.69. The summed E-state index contributed by atoms with van der Waals surface area (Å²) in [4.78, 5) is 0. The molecule has 132 valence electrons. The SMILES string of the molecule is CCCCCCCCCCCCCCCCCCCC([O-])=S.[Na+]. The first-order chi connectivity index (χ1) is 10.8. The van der Waals surface area contributed by atoms with Crippen molar-refractivity contribution < 1.29 is 34.7 Å². The van der Waals surface area contributed by atoms with Gasteiger partial charge >= 0.3 is 29.6 Å². The summed E-state index contributed by atoms with van der Waals surface area (Å²) in [7, 11) is 0. The zero-order valence-electron chi connectivity index (χ0n) is 16.0. The van der Waals surface area contributed by atoms with Crippen molar-refractivity contribution in [3.8, 4) is 0 Å². The summed E-state index contributed by atoms with van der Waals surface area (Å²) in [6.45, 7) is 2.28. The van der Waals surface area contributed by atoms with Crippen LogP contribution in [0.2, 0.25) is 0 Å². The van der Waals surface area contributed by atoms with E-state index in [1.54, 1.807) is 0 Å². The molecule has 0 aromatic rings. The van der Waals surface area contributed by atoms with Crippen LogP contribution >= 0.6 is 12.2 Å². The number of hydrogen-bond acceptors (Lipinski definition) is 2. The van der Waals surface area contributed by atoms with Crippen LogP contribution in [0.25, 0.3) is 0 Å². The average molecular weight is 351 g/mol. The Hall–Kier alpha value is 0.890. The zero-order chi connectivity index (χ0) is 16.3. The first-order valence-electron chi connectivity index (χ1n) is 9.97. The first kappa shape index (κ1) is 26.1. The maximum Gasteiger partial charge on any atom is 1.00 e. The molecule has 0 aromatic carbocycles. The summed E-state index contributed by atoms with van der Waals surface area (Å²) in [5, 5.41) is 10.6. The molecule has 0 N–H and O–H groups in total.